The molecule has 2 aliphatic heterocycles. The van der Waals surface area contributed by atoms with E-state index in [0.717, 1.165) is 0 Å². The van der Waals surface area contributed by atoms with Crippen molar-refractivity contribution in [2.75, 3.05) is 4.90 Å². The number of hydrogen-bond acceptors (Lipinski definition) is 1. The summed E-state index contributed by atoms with van der Waals surface area (Å²) in [6.07, 6.45) is 0. The van der Waals surface area contributed by atoms with Gasteiger partial charge in [-0.15, -0.1) is 0 Å². The van der Waals surface area contributed by atoms with Gasteiger partial charge in [0.1, 0.15) is 0 Å². The van der Waals surface area contributed by atoms with E-state index in [0.29, 0.717) is 0 Å². The van der Waals surface area contributed by atoms with E-state index in [9.17, 15) is 0 Å². The third-order valence-electron chi connectivity index (χ3n) is 11.0. The van der Waals surface area contributed by atoms with Gasteiger partial charge in [-0.3, -0.25) is 0 Å². The van der Waals surface area contributed by atoms with Crippen LogP contribution in [0.15, 0.2) is 151 Å². The number of rotatable bonds is 2. The van der Waals surface area contributed by atoms with E-state index in [1.165, 1.54) is 88.8 Å². The highest BCUT2D eigenvalue weighted by atomic mass is 15.2. The standard InChI is InChI=1S/C43H30BN3/c1-43(2)41-40(37-31-20-10-13-23-34(31)46(42(37)43)28-17-7-4-8-18-28)45(27-15-5-3-6-16-27)36-26-25-30-29-19-9-12-22-33(29)47-35-24-14-11-21-32(35)44(41)38(36)39(30)47/h3-26H,1-2H3. The van der Waals surface area contributed by atoms with Gasteiger partial charge in [0, 0.05) is 61.3 Å². The fraction of sp³-hybridized carbons (Fsp3) is 0.0698. The zero-order valence-electron chi connectivity index (χ0n) is 26.3. The summed E-state index contributed by atoms with van der Waals surface area (Å²) in [7, 11) is 0. The fourth-order valence-corrected chi connectivity index (χ4v) is 9.36. The van der Waals surface area contributed by atoms with Crippen LogP contribution in [0.2, 0.25) is 0 Å². The summed E-state index contributed by atoms with van der Waals surface area (Å²) in [5.74, 6) is 0. The molecule has 11 rings (SSSR count). The predicted octanol–water partition coefficient (Wildman–Crippen LogP) is 9.04. The van der Waals surface area contributed by atoms with Crippen molar-refractivity contribution in [2.45, 2.75) is 19.3 Å². The van der Waals surface area contributed by atoms with Crippen LogP contribution in [0.25, 0.3) is 49.8 Å². The third-order valence-corrected chi connectivity index (χ3v) is 11.0. The van der Waals surface area contributed by atoms with E-state index in [2.05, 4.69) is 173 Å². The fourth-order valence-electron chi connectivity index (χ4n) is 9.36. The predicted molar refractivity (Wildman–Crippen MR) is 198 cm³/mol. The van der Waals surface area contributed by atoms with Gasteiger partial charge in [-0.1, -0.05) is 116 Å². The molecule has 0 spiro atoms. The molecular weight excluding hydrogens is 569 g/mol. The third kappa shape index (κ3) is 3.00. The molecule has 0 bridgehead atoms. The Labute approximate surface area is 273 Å². The Hall–Kier alpha value is -5.74. The van der Waals surface area contributed by atoms with E-state index in [1.807, 2.05) is 0 Å². The molecule has 0 atom stereocenters. The molecule has 3 nitrogen and oxygen atoms in total. The van der Waals surface area contributed by atoms with Crippen LogP contribution in [0.4, 0.5) is 11.4 Å². The van der Waals surface area contributed by atoms with Crippen LogP contribution in [0.3, 0.4) is 0 Å². The van der Waals surface area contributed by atoms with Gasteiger partial charge in [0.2, 0.25) is 6.71 Å². The van der Waals surface area contributed by atoms with Crippen molar-refractivity contribution in [3.05, 3.63) is 162 Å². The lowest BCUT2D eigenvalue weighted by atomic mass is 9.30. The maximum Gasteiger partial charge on any atom is 0.248 e. The number of allylic oxidation sites excluding steroid dienone is 1. The van der Waals surface area contributed by atoms with Crippen LogP contribution < -0.4 is 15.8 Å². The summed E-state index contributed by atoms with van der Waals surface area (Å²) < 4.78 is 5.08. The summed E-state index contributed by atoms with van der Waals surface area (Å²) in [4.78, 5) is 2.59. The maximum absolute atomic E-state index is 2.59. The lowest BCUT2D eigenvalue weighted by molar-refractivity contribution is 0.628. The molecule has 4 heterocycles. The molecule has 220 valence electrons. The summed E-state index contributed by atoms with van der Waals surface area (Å²) >= 11 is 0. The second-order valence-corrected chi connectivity index (χ2v) is 13.7. The average Bonchev–Trinajstić information content (AvgIpc) is 3.73. The molecule has 1 aliphatic carbocycles. The number of hydrogen-bond donors (Lipinski definition) is 0. The Morgan fingerprint density at radius 1 is 0.511 bits per heavy atom. The van der Waals surface area contributed by atoms with Gasteiger partial charge in [-0.2, -0.15) is 0 Å². The van der Waals surface area contributed by atoms with Crippen LogP contribution in [-0.2, 0) is 5.41 Å². The van der Waals surface area contributed by atoms with Crippen molar-refractivity contribution in [3.63, 3.8) is 0 Å². The number of aromatic nitrogens is 2. The topological polar surface area (TPSA) is 13.1 Å². The summed E-state index contributed by atoms with van der Waals surface area (Å²) in [6.45, 7) is 5.04. The minimum absolute atomic E-state index is 0.113. The van der Waals surface area contributed by atoms with Gasteiger partial charge in [-0.05, 0) is 59.5 Å². The Bertz CT molecular complexity index is 2660. The van der Waals surface area contributed by atoms with Gasteiger partial charge in [-0.25, -0.2) is 0 Å². The van der Waals surface area contributed by atoms with Gasteiger partial charge in [0.15, 0.2) is 0 Å². The van der Waals surface area contributed by atoms with Crippen molar-refractivity contribution in [1.29, 1.82) is 0 Å². The Balaban J connectivity index is 1.35. The number of para-hydroxylation sites is 5. The molecule has 0 saturated carbocycles. The van der Waals surface area contributed by atoms with Crippen molar-refractivity contribution < 1.29 is 0 Å². The number of fused-ring (bicyclic) bond motifs is 11. The normalized spacial score (nSPS) is 15.4. The number of benzene rings is 6. The monoisotopic (exact) mass is 599 g/mol. The Morgan fingerprint density at radius 2 is 1.13 bits per heavy atom. The van der Waals surface area contributed by atoms with Crippen LogP contribution in [0, 0.1) is 0 Å². The minimum Gasteiger partial charge on any atom is -0.312 e. The molecule has 0 fully saturated rings. The molecule has 0 radical (unpaired) electrons. The SMILES string of the molecule is CC1(C)C2=C(c3c1n(-c1ccccc1)c1ccccc31)N(c1ccccc1)c1ccc3c4ccccc4n4c3c1B2c1ccccc1-4. The van der Waals surface area contributed by atoms with E-state index < -0.39 is 0 Å². The number of anilines is 2. The average molecular weight is 600 g/mol. The molecule has 3 aliphatic rings. The largest absolute Gasteiger partial charge is 0.312 e. The second kappa shape index (κ2) is 8.74. The van der Waals surface area contributed by atoms with Crippen molar-refractivity contribution in [2.24, 2.45) is 0 Å². The van der Waals surface area contributed by atoms with Gasteiger partial charge >= 0.3 is 0 Å². The van der Waals surface area contributed by atoms with Crippen molar-refractivity contribution in [1.82, 2.24) is 9.13 Å². The van der Waals surface area contributed by atoms with Crippen LogP contribution >= 0.6 is 0 Å². The molecule has 8 aromatic rings. The van der Waals surface area contributed by atoms with Crippen LogP contribution in [0.5, 0.6) is 0 Å². The van der Waals surface area contributed by atoms with Crippen molar-refractivity contribution in [3.8, 4) is 11.4 Å². The molecule has 4 heteroatoms. The summed E-state index contributed by atoms with van der Waals surface area (Å²) in [6, 6.07) is 53.8. The molecule has 0 saturated heterocycles. The van der Waals surface area contributed by atoms with Crippen LogP contribution in [-0.4, -0.2) is 15.8 Å². The Morgan fingerprint density at radius 3 is 1.89 bits per heavy atom. The lowest BCUT2D eigenvalue weighted by Gasteiger charge is -2.42. The molecule has 6 aromatic carbocycles. The first-order valence-electron chi connectivity index (χ1n) is 16.6. The molecule has 0 amide bonds. The van der Waals surface area contributed by atoms with Gasteiger partial charge < -0.3 is 14.0 Å². The first-order valence-corrected chi connectivity index (χ1v) is 16.6. The highest BCUT2D eigenvalue weighted by molar-refractivity contribution is 6.96. The molecule has 0 N–H and O–H groups in total. The molecule has 2 aromatic heterocycles. The molecule has 47 heavy (non-hydrogen) atoms. The summed E-state index contributed by atoms with van der Waals surface area (Å²) in [5, 5.41) is 3.93. The van der Waals surface area contributed by atoms with Crippen molar-refractivity contribution >= 4 is 67.4 Å². The molecular formula is C43H30BN3. The number of nitrogens with zero attached hydrogens (tertiary/aromatic N) is 3. The Kier molecular flexibility index (Phi) is 4.74. The lowest BCUT2D eigenvalue weighted by Crippen LogP contribution is -2.56. The smallest absolute Gasteiger partial charge is 0.248 e. The zero-order valence-corrected chi connectivity index (χ0v) is 26.3. The second-order valence-electron chi connectivity index (χ2n) is 13.7. The van der Waals surface area contributed by atoms with E-state index >= 15 is 0 Å². The highest BCUT2D eigenvalue weighted by Crippen LogP contribution is 2.57. The zero-order chi connectivity index (χ0) is 31.0. The highest BCUT2D eigenvalue weighted by Gasteiger charge is 2.54. The maximum atomic E-state index is 2.59. The minimum atomic E-state index is -0.279. The van der Waals surface area contributed by atoms with E-state index in [-0.39, 0.29) is 12.1 Å². The molecule has 0 unspecified atom stereocenters. The van der Waals surface area contributed by atoms with E-state index in [1.54, 1.807) is 0 Å². The first kappa shape index (κ1) is 25.5. The van der Waals surface area contributed by atoms with Gasteiger partial charge in [0.05, 0.1) is 16.6 Å². The first-order chi connectivity index (χ1) is 23.1. The van der Waals surface area contributed by atoms with Gasteiger partial charge in [0.25, 0.3) is 0 Å². The van der Waals surface area contributed by atoms with E-state index in [4.69, 9.17) is 0 Å². The quantitative estimate of drug-likeness (QED) is 0.181. The van der Waals surface area contributed by atoms with Crippen LogP contribution in [0.1, 0.15) is 25.1 Å². The summed E-state index contributed by atoms with van der Waals surface area (Å²) in [5.41, 5.74) is 16.8.